The highest BCUT2D eigenvalue weighted by Crippen LogP contribution is 2.18. The van der Waals surface area contributed by atoms with Crippen molar-refractivity contribution >= 4 is 5.91 Å². The van der Waals surface area contributed by atoms with Gasteiger partial charge in [-0.2, -0.15) is 0 Å². The van der Waals surface area contributed by atoms with E-state index in [-0.39, 0.29) is 18.4 Å². The highest BCUT2D eigenvalue weighted by Gasteiger charge is 2.28. The fraction of sp³-hybridized carbons (Fsp3) is 0.688. The first-order valence-electron chi connectivity index (χ1n) is 7.45. The summed E-state index contributed by atoms with van der Waals surface area (Å²) in [6.45, 7) is 9.68. The molecule has 0 saturated carbocycles. The number of carbonyl (C=O) groups excluding carboxylic acids is 1. The topological polar surface area (TPSA) is 40.5 Å². The van der Waals surface area contributed by atoms with E-state index in [1.165, 1.54) is 5.57 Å². The fourth-order valence-corrected chi connectivity index (χ4v) is 2.07. The lowest BCUT2D eigenvalue weighted by Gasteiger charge is -2.17. The third kappa shape index (κ3) is 6.58. The van der Waals surface area contributed by atoms with E-state index in [1.807, 2.05) is 18.7 Å². The minimum absolute atomic E-state index is 0.111. The molecule has 1 aliphatic heterocycles. The van der Waals surface area contributed by atoms with E-state index >= 15 is 0 Å². The minimum Gasteiger partial charge on any atom is -0.396 e. The van der Waals surface area contributed by atoms with Crippen LogP contribution in [-0.4, -0.2) is 35.6 Å². The molecule has 1 amide bonds. The van der Waals surface area contributed by atoms with Gasteiger partial charge in [0.05, 0.1) is 0 Å². The van der Waals surface area contributed by atoms with Crippen LogP contribution in [0.25, 0.3) is 0 Å². The molecular weight excluding hydrogens is 238 g/mol. The van der Waals surface area contributed by atoms with Crippen LogP contribution in [-0.2, 0) is 4.79 Å². The molecule has 0 aromatic heterocycles. The molecule has 3 heteroatoms. The molecule has 1 saturated heterocycles. The number of carbonyl (C=O) groups is 1. The van der Waals surface area contributed by atoms with Crippen molar-refractivity contribution in [1.82, 2.24) is 4.90 Å². The Labute approximate surface area is 118 Å². The molecule has 1 unspecified atom stereocenters. The first kappa shape index (κ1) is 17.9. The van der Waals surface area contributed by atoms with Gasteiger partial charge in [0.15, 0.2) is 0 Å². The maximum Gasteiger partial charge on any atom is 0.223 e. The largest absolute Gasteiger partial charge is 0.396 e. The molecule has 0 bridgehead atoms. The minimum atomic E-state index is 0.111. The molecule has 1 rings (SSSR count). The number of nitrogens with zero attached hydrogens (tertiary/aromatic N) is 1. The Morgan fingerprint density at radius 1 is 1.37 bits per heavy atom. The van der Waals surface area contributed by atoms with Crippen molar-refractivity contribution in [3.8, 4) is 0 Å². The van der Waals surface area contributed by atoms with E-state index in [2.05, 4.69) is 32.1 Å². The molecule has 1 fully saturated rings. The van der Waals surface area contributed by atoms with Gasteiger partial charge in [0, 0.05) is 32.0 Å². The zero-order valence-corrected chi connectivity index (χ0v) is 12.9. The second-order valence-corrected chi connectivity index (χ2v) is 4.52. The van der Waals surface area contributed by atoms with Crippen LogP contribution < -0.4 is 0 Å². The van der Waals surface area contributed by atoms with E-state index in [0.29, 0.717) is 19.5 Å². The van der Waals surface area contributed by atoms with Crippen molar-refractivity contribution in [1.29, 1.82) is 0 Å². The van der Waals surface area contributed by atoms with Crippen LogP contribution in [0.3, 0.4) is 0 Å². The van der Waals surface area contributed by atoms with Crippen LogP contribution in [0.1, 0.15) is 47.0 Å². The summed E-state index contributed by atoms with van der Waals surface area (Å²) >= 11 is 0. The van der Waals surface area contributed by atoms with Crippen LogP contribution in [0.15, 0.2) is 23.8 Å². The summed E-state index contributed by atoms with van der Waals surface area (Å²) in [5.41, 5.74) is 1.20. The van der Waals surface area contributed by atoms with Crippen LogP contribution in [0.4, 0.5) is 0 Å². The van der Waals surface area contributed by atoms with Gasteiger partial charge < -0.3 is 10.0 Å². The number of rotatable bonds is 6. The van der Waals surface area contributed by atoms with Gasteiger partial charge in [0.25, 0.3) is 0 Å². The second kappa shape index (κ2) is 10.8. The zero-order chi connectivity index (χ0) is 14.7. The summed E-state index contributed by atoms with van der Waals surface area (Å²) in [7, 11) is 0. The molecular formula is C16H29NO2. The van der Waals surface area contributed by atoms with E-state index in [4.69, 9.17) is 5.11 Å². The Hall–Kier alpha value is -1.09. The molecule has 1 N–H and O–H groups in total. The maximum absolute atomic E-state index is 11.7. The number of aliphatic hydroxyl groups is 1. The molecule has 110 valence electrons. The van der Waals surface area contributed by atoms with Gasteiger partial charge in [0.1, 0.15) is 0 Å². The number of hydrogen-bond donors (Lipinski definition) is 1. The van der Waals surface area contributed by atoms with Crippen LogP contribution in [0, 0.1) is 5.92 Å². The van der Waals surface area contributed by atoms with E-state index < -0.39 is 0 Å². The molecule has 3 nitrogen and oxygen atoms in total. The number of aliphatic hydroxyl groups excluding tert-OH is 1. The Morgan fingerprint density at radius 2 is 2.05 bits per heavy atom. The normalized spacial score (nSPS) is 19.8. The van der Waals surface area contributed by atoms with Gasteiger partial charge in [-0.3, -0.25) is 4.79 Å². The second-order valence-electron chi connectivity index (χ2n) is 4.52. The smallest absolute Gasteiger partial charge is 0.223 e. The molecule has 1 heterocycles. The lowest BCUT2D eigenvalue weighted by atomic mass is 10.1. The molecule has 1 atom stereocenters. The molecule has 0 aromatic rings. The third-order valence-electron chi connectivity index (χ3n) is 2.96. The van der Waals surface area contributed by atoms with Crippen LogP contribution in [0.5, 0.6) is 0 Å². The van der Waals surface area contributed by atoms with Gasteiger partial charge >= 0.3 is 0 Å². The predicted octanol–water partition coefficient (Wildman–Crippen LogP) is 3.16. The number of amides is 1. The van der Waals surface area contributed by atoms with E-state index in [1.54, 1.807) is 0 Å². The maximum atomic E-state index is 11.7. The van der Waals surface area contributed by atoms with Crippen molar-refractivity contribution in [3.63, 3.8) is 0 Å². The van der Waals surface area contributed by atoms with Gasteiger partial charge in [-0.25, -0.2) is 0 Å². The van der Waals surface area contributed by atoms with Crippen molar-refractivity contribution in [2.24, 2.45) is 5.92 Å². The first-order valence-corrected chi connectivity index (χ1v) is 7.45. The third-order valence-corrected chi connectivity index (χ3v) is 2.96. The van der Waals surface area contributed by atoms with Crippen molar-refractivity contribution in [2.45, 2.75) is 47.0 Å². The average molecular weight is 267 g/mol. The van der Waals surface area contributed by atoms with Crippen molar-refractivity contribution < 1.29 is 9.90 Å². The summed E-state index contributed by atoms with van der Waals surface area (Å²) in [6, 6.07) is 0. The lowest BCUT2D eigenvalue weighted by Crippen LogP contribution is -2.27. The van der Waals surface area contributed by atoms with Gasteiger partial charge in [-0.15, -0.1) is 0 Å². The Kier molecular flexibility index (Phi) is 10.2. The monoisotopic (exact) mass is 267 g/mol. The highest BCUT2D eigenvalue weighted by molar-refractivity contribution is 5.79. The summed E-state index contributed by atoms with van der Waals surface area (Å²) in [5, 5.41) is 9.07. The van der Waals surface area contributed by atoms with Gasteiger partial charge in [0.2, 0.25) is 5.91 Å². The molecule has 19 heavy (non-hydrogen) atoms. The number of hydrogen-bond acceptors (Lipinski definition) is 2. The Bertz CT molecular complexity index is 308. The summed E-state index contributed by atoms with van der Waals surface area (Å²) < 4.78 is 0. The zero-order valence-electron chi connectivity index (χ0n) is 12.9. The highest BCUT2D eigenvalue weighted by atomic mass is 16.3. The summed E-state index contributed by atoms with van der Waals surface area (Å²) in [6.07, 6.45) is 8.86. The molecule has 0 aromatic carbocycles. The van der Waals surface area contributed by atoms with Crippen molar-refractivity contribution in [2.75, 3.05) is 19.7 Å². The lowest BCUT2D eigenvalue weighted by molar-refractivity contribution is -0.127. The van der Waals surface area contributed by atoms with Crippen LogP contribution in [0.2, 0.25) is 0 Å². The Balaban J connectivity index is 0.00000154. The van der Waals surface area contributed by atoms with E-state index in [9.17, 15) is 4.79 Å². The quantitative estimate of drug-likeness (QED) is 0.751. The Morgan fingerprint density at radius 3 is 2.53 bits per heavy atom. The average Bonchev–Trinajstić information content (AvgIpc) is 2.79. The number of likely N-dealkylation sites (tertiary alicyclic amines) is 1. The van der Waals surface area contributed by atoms with Gasteiger partial charge in [-0.1, -0.05) is 45.9 Å². The first-order chi connectivity index (χ1) is 9.21. The standard InChI is InChI=1S/C14H23NO2.C2H6/c1-3-5-7-12(6-4-2)9-15-10-13(11-16)8-14(15)17;1-2/h5-7,13,16H,3-4,8-11H2,1-2H3;1-2H3/b7-5-,12-6+;. The molecule has 0 aliphatic carbocycles. The van der Waals surface area contributed by atoms with E-state index in [0.717, 1.165) is 12.8 Å². The van der Waals surface area contributed by atoms with Crippen LogP contribution >= 0.6 is 0 Å². The summed E-state index contributed by atoms with van der Waals surface area (Å²) in [4.78, 5) is 13.6. The molecule has 0 radical (unpaired) electrons. The summed E-state index contributed by atoms with van der Waals surface area (Å²) in [5.74, 6) is 0.288. The predicted molar refractivity (Wildman–Crippen MR) is 80.9 cm³/mol. The van der Waals surface area contributed by atoms with Gasteiger partial charge in [-0.05, 0) is 18.4 Å². The van der Waals surface area contributed by atoms with Crippen molar-refractivity contribution in [3.05, 3.63) is 23.8 Å². The molecule has 1 aliphatic rings. The SMILES string of the molecule is CC.CC/C=C\C(=C/CC)CN1CC(CO)CC1=O. The number of allylic oxidation sites excluding steroid dienone is 2. The fourth-order valence-electron chi connectivity index (χ4n) is 2.07. The molecule has 0 spiro atoms.